The number of fused-ring (bicyclic) bond motifs is 1. The molecule has 1 saturated heterocycles. The summed E-state index contributed by atoms with van der Waals surface area (Å²) in [4.78, 5) is 6.82. The summed E-state index contributed by atoms with van der Waals surface area (Å²) in [5.41, 5.74) is 6.14. The van der Waals surface area contributed by atoms with Crippen molar-refractivity contribution >= 4 is 0 Å². The molecular formula is C12H20N4O. The number of nitrogens with zero attached hydrogens (tertiary/aromatic N) is 3. The highest BCUT2D eigenvalue weighted by molar-refractivity contribution is 4.96. The van der Waals surface area contributed by atoms with E-state index in [0.717, 1.165) is 45.8 Å². The summed E-state index contributed by atoms with van der Waals surface area (Å²) in [7, 11) is 0. The van der Waals surface area contributed by atoms with Gasteiger partial charge in [-0.05, 0) is 6.42 Å². The summed E-state index contributed by atoms with van der Waals surface area (Å²) in [5, 5.41) is 0. The van der Waals surface area contributed by atoms with Crippen LogP contribution in [-0.2, 0) is 17.8 Å². The average Bonchev–Trinajstić information content (AvgIpc) is 2.79. The lowest BCUT2D eigenvalue weighted by atomic mass is 9.96. The van der Waals surface area contributed by atoms with Crippen LogP contribution in [0.2, 0.25) is 0 Å². The van der Waals surface area contributed by atoms with Gasteiger partial charge in [0, 0.05) is 50.6 Å². The molecule has 2 unspecified atom stereocenters. The lowest BCUT2D eigenvalue weighted by molar-refractivity contribution is 0.0218. The Labute approximate surface area is 102 Å². The number of nitrogens with two attached hydrogens (primary N) is 1. The molecule has 2 atom stereocenters. The Morgan fingerprint density at radius 1 is 1.47 bits per heavy atom. The molecule has 0 saturated carbocycles. The molecule has 2 aliphatic heterocycles. The Morgan fingerprint density at radius 3 is 3.29 bits per heavy atom. The van der Waals surface area contributed by atoms with Crippen molar-refractivity contribution in [2.24, 2.45) is 11.7 Å². The van der Waals surface area contributed by atoms with Crippen LogP contribution in [0.15, 0.2) is 12.4 Å². The highest BCUT2D eigenvalue weighted by Crippen LogP contribution is 2.17. The smallest absolute Gasteiger partial charge is 0.122 e. The van der Waals surface area contributed by atoms with E-state index < -0.39 is 0 Å². The second kappa shape index (κ2) is 4.76. The summed E-state index contributed by atoms with van der Waals surface area (Å²) >= 11 is 0. The van der Waals surface area contributed by atoms with Crippen LogP contribution in [0, 0.1) is 5.92 Å². The molecule has 2 aliphatic rings. The van der Waals surface area contributed by atoms with Gasteiger partial charge >= 0.3 is 0 Å². The Morgan fingerprint density at radius 2 is 2.41 bits per heavy atom. The molecule has 94 valence electrons. The molecule has 0 bridgehead atoms. The van der Waals surface area contributed by atoms with Crippen molar-refractivity contribution in [2.75, 3.05) is 26.3 Å². The van der Waals surface area contributed by atoms with Crippen LogP contribution < -0.4 is 5.73 Å². The van der Waals surface area contributed by atoms with Gasteiger partial charge in [-0.2, -0.15) is 0 Å². The van der Waals surface area contributed by atoms with Gasteiger partial charge in [-0.1, -0.05) is 0 Å². The Bertz CT molecular complexity index is 378. The van der Waals surface area contributed by atoms with Crippen LogP contribution in [0.25, 0.3) is 0 Å². The quantitative estimate of drug-likeness (QED) is 0.789. The highest BCUT2D eigenvalue weighted by atomic mass is 16.5. The second-order valence-corrected chi connectivity index (χ2v) is 5.06. The van der Waals surface area contributed by atoms with Gasteiger partial charge < -0.3 is 15.0 Å². The summed E-state index contributed by atoms with van der Waals surface area (Å²) < 4.78 is 7.75. The van der Waals surface area contributed by atoms with Crippen molar-refractivity contribution in [3.63, 3.8) is 0 Å². The third kappa shape index (κ3) is 2.36. The van der Waals surface area contributed by atoms with Crippen LogP contribution in [0.1, 0.15) is 12.2 Å². The molecule has 3 heterocycles. The largest absolute Gasteiger partial charge is 0.381 e. The zero-order valence-corrected chi connectivity index (χ0v) is 10.1. The molecule has 0 radical (unpaired) electrons. The van der Waals surface area contributed by atoms with E-state index in [1.54, 1.807) is 0 Å². The van der Waals surface area contributed by atoms with Crippen molar-refractivity contribution in [2.45, 2.75) is 25.6 Å². The van der Waals surface area contributed by atoms with Crippen LogP contribution >= 0.6 is 0 Å². The predicted octanol–water partition coefficient (Wildman–Crippen LogP) is 0.0625. The first-order chi connectivity index (χ1) is 8.33. The van der Waals surface area contributed by atoms with Crippen LogP contribution in [0.4, 0.5) is 0 Å². The van der Waals surface area contributed by atoms with Crippen molar-refractivity contribution in [1.82, 2.24) is 14.5 Å². The van der Waals surface area contributed by atoms with Gasteiger partial charge in [0.2, 0.25) is 0 Å². The number of hydrogen-bond acceptors (Lipinski definition) is 4. The molecule has 1 aromatic heterocycles. The fraction of sp³-hybridized carbons (Fsp3) is 0.750. The van der Waals surface area contributed by atoms with Crippen molar-refractivity contribution in [3.8, 4) is 0 Å². The van der Waals surface area contributed by atoms with Crippen molar-refractivity contribution < 1.29 is 4.74 Å². The van der Waals surface area contributed by atoms with Crippen LogP contribution in [0.3, 0.4) is 0 Å². The van der Waals surface area contributed by atoms with Gasteiger partial charge in [-0.15, -0.1) is 0 Å². The summed E-state index contributed by atoms with van der Waals surface area (Å²) in [6.45, 7) is 5.74. The van der Waals surface area contributed by atoms with E-state index in [9.17, 15) is 0 Å². The Balaban J connectivity index is 1.60. The van der Waals surface area contributed by atoms with E-state index in [-0.39, 0.29) is 0 Å². The lowest BCUT2D eigenvalue weighted by Crippen LogP contribution is -2.46. The van der Waals surface area contributed by atoms with Crippen molar-refractivity contribution in [3.05, 3.63) is 18.2 Å². The van der Waals surface area contributed by atoms with E-state index in [0.29, 0.717) is 12.0 Å². The van der Waals surface area contributed by atoms with E-state index in [1.807, 2.05) is 6.20 Å². The van der Waals surface area contributed by atoms with Gasteiger partial charge in [0.1, 0.15) is 5.82 Å². The van der Waals surface area contributed by atoms with E-state index >= 15 is 0 Å². The van der Waals surface area contributed by atoms with Crippen molar-refractivity contribution in [1.29, 1.82) is 0 Å². The molecule has 17 heavy (non-hydrogen) atoms. The maximum absolute atomic E-state index is 6.14. The number of rotatable bonds is 2. The topological polar surface area (TPSA) is 56.3 Å². The number of aromatic nitrogens is 2. The first-order valence-electron chi connectivity index (χ1n) is 6.38. The molecule has 1 fully saturated rings. The third-order valence-electron chi connectivity index (χ3n) is 3.85. The zero-order chi connectivity index (χ0) is 11.7. The van der Waals surface area contributed by atoms with Gasteiger partial charge in [-0.25, -0.2) is 4.98 Å². The Kier molecular flexibility index (Phi) is 3.13. The minimum absolute atomic E-state index is 0.297. The van der Waals surface area contributed by atoms with Gasteiger partial charge in [0.15, 0.2) is 0 Å². The minimum Gasteiger partial charge on any atom is -0.381 e. The minimum atomic E-state index is 0.297. The molecule has 1 aromatic rings. The lowest BCUT2D eigenvalue weighted by Gasteiger charge is -2.35. The first-order valence-corrected chi connectivity index (χ1v) is 6.38. The van der Waals surface area contributed by atoms with Crippen LogP contribution in [-0.4, -0.2) is 46.8 Å². The maximum Gasteiger partial charge on any atom is 0.122 e. The van der Waals surface area contributed by atoms with Crippen LogP contribution in [0.5, 0.6) is 0 Å². The normalized spacial score (nSPS) is 30.2. The Hall–Kier alpha value is -0.910. The molecule has 5 heteroatoms. The maximum atomic E-state index is 6.14. The molecule has 2 N–H and O–H groups in total. The molecule has 5 nitrogen and oxygen atoms in total. The average molecular weight is 236 g/mol. The first kappa shape index (κ1) is 11.2. The molecule has 3 rings (SSSR count). The van der Waals surface area contributed by atoms with Gasteiger partial charge in [0.05, 0.1) is 13.2 Å². The molecule has 0 aromatic carbocycles. The highest BCUT2D eigenvalue weighted by Gasteiger charge is 2.26. The second-order valence-electron chi connectivity index (χ2n) is 5.06. The van der Waals surface area contributed by atoms with Gasteiger partial charge in [0.25, 0.3) is 0 Å². The molecule has 0 amide bonds. The zero-order valence-electron chi connectivity index (χ0n) is 10.1. The van der Waals surface area contributed by atoms with E-state index in [2.05, 4.69) is 20.6 Å². The summed E-state index contributed by atoms with van der Waals surface area (Å²) in [5.74, 6) is 1.65. The summed E-state index contributed by atoms with van der Waals surface area (Å²) in [6, 6.07) is 0.297. The third-order valence-corrected chi connectivity index (χ3v) is 3.85. The fourth-order valence-electron chi connectivity index (χ4n) is 2.71. The molecule has 0 spiro atoms. The number of ether oxygens (including phenoxy) is 1. The predicted molar refractivity (Wildman–Crippen MR) is 64.4 cm³/mol. The van der Waals surface area contributed by atoms with E-state index in [1.165, 1.54) is 5.82 Å². The van der Waals surface area contributed by atoms with E-state index in [4.69, 9.17) is 10.5 Å². The number of imidazole rings is 1. The monoisotopic (exact) mass is 236 g/mol. The SMILES string of the molecule is NC1CCOCC1CN1CCn2ccnc2C1. The molecular weight excluding hydrogens is 216 g/mol. The summed E-state index contributed by atoms with van der Waals surface area (Å²) in [6.07, 6.45) is 4.93. The standard InChI is InChI=1S/C12H20N4O/c13-11-1-6-17-9-10(11)7-15-4-5-16-3-2-14-12(16)8-15/h2-3,10-11H,1,4-9,13H2. The number of hydrogen-bond donors (Lipinski definition) is 1. The molecule has 0 aliphatic carbocycles. The van der Waals surface area contributed by atoms with Gasteiger partial charge in [-0.3, -0.25) is 4.90 Å². The fourth-order valence-corrected chi connectivity index (χ4v) is 2.71.